The van der Waals surface area contributed by atoms with Crippen LogP contribution in [0.25, 0.3) is 0 Å². The van der Waals surface area contributed by atoms with Gasteiger partial charge in [0.15, 0.2) is 0 Å². The van der Waals surface area contributed by atoms with Crippen molar-refractivity contribution < 1.29 is 49.4 Å². The monoisotopic (exact) mass is 606 g/mol. The zero-order valence-electron chi connectivity index (χ0n) is 20.4. The molecule has 0 aliphatic carbocycles. The summed E-state index contributed by atoms with van der Waals surface area (Å²) in [6, 6.07) is 2.29. The summed E-state index contributed by atoms with van der Waals surface area (Å²) < 4.78 is 81.3. The Bertz CT molecular complexity index is 782. The van der Waals surface area contributed by atoms with Crippen molar-refractivity contribution in [2.45, 2.75) is 84.5 Å². The van der Waals surface area contributed by atoms with Crippen LogP contribution < -0.4 is 0 Å². The van der Waals surface area contributed by atoms with E-state index in [1.807, 2.05) is 47.7 Å². The molecule has 12 nitrogen and oxygen atoms in total. The van der Waals surface area contributed by atoms with Crippen LogP contribution in [-0.2, 0) is 49.4 Å². The smallest absolute Gasteiger partial charge is 0.374 e. The van der Waals surface area contributed by atoms with E-state index in [1.165, 1.54) is 0 Å². The van der Waals surface area contributed by atoms with Crippen LogP contribution >= 0.6 is 0 Å². The van der Waals surface area contributed by atoms with Gasteiger partial charge in [-0.15, -0.1) is 0 Å². The Morgan fingerprint density at radius 2 is 0.485 bits per heavy atom. The van der Waals surface area contributed by atoms with Crippen LogP contribution in [0.15, 0.2) is 0 Å². The molecule has 6 rings (SSSR count). The minimum absolute atomic E-state index is 0.453. The Morgan fingerprint density at radius 1 is 0.303 bits per heavy atom. The zero-order valence-corrected chi connectivity index (χ0v) is 28.4. The summed E-state index contributed by atoms with van der Waals surface area (Å²) in [6.45, 7) is 15.3. The van der Waals surface area contributed by atoms with Crippen LogP contribution in [0, 0.1) is 0 Å². The molecular formula is C13H34O12Si8. The first-order valence-electron chi connectivity index (χ1n) is 11.7. The van der Waals surface area contributed by atoms with E-state index in [0.717, 1.165) is 0 Å². The second-order valence-corrected chi connectivity index (χ2v) is 34.3. The first-order chi connectivity index (χ1) is 15.3. The third-order valence-corrected chi connectivity index (χ3v) is 42.5. The predicted octanol–water partition coefficient (Wildman–Crippen LogP) is 2.75. The molecule has 6 aliphatic rings. The van der Waals surface area contributed by atoms with Gasteiger partial charge in [0.1, 0.15) is 0 Å². The van der Waals surface area contributed by atoms with E-state index >= 15 is 0 Å². The molecule has 20 heteroatoms. The summed E-state index contributed by atoms with van der Waals surface area (Å²) in [5.74, 6) is 0. The molecule has 4 unspecified atom stereocenters. The molecule has 6 fully saturated rings. The molecule has 0 radical (unpaired) electrons. The van der Waals surface area contributed by atoms with Gasteiger partial charge < -0.3 is 49.4 Å². The Kier molecular flexibility index (Phi) is 6.18. The molecule has 0 amide bonds. The van der Waals surface area contributed by atoms with Crippen molar-refractivity contribution in [3.05, 3.63) is 0 Å². The SMILES string of the molecule is CC[Si]12O[Si]3(C)O[Si]4(C)O[Si](C)(O1)O[Si]1(CC)O[Si](CC)(O4)O[Si](CC)(O3)O[Si](CC)(O2)O1. The van der Waals surface area contributed by atoms with Crippen LogP contribution in [0.4, 0.5) is 0 Å². The second-order valence-electron chi connectivity index (χ2n) is 8.99. The van der Waals surface area contributed by atoms with Crippen LogP contribution in [-0.4, -0.2) is 70.4 Å². The van der Waals surface area contributed by atoms with Gasteiger partial charge in [-0.3, -0.25) is 0 Å². The van der Waals surface area contributed by atoms with E-state index in [1.54, 1.807) is 6.55 Å². The number of hydrogen-bond donors (Lipinski definition) is 0. The van der Waals surface area contributed by atoms with Gasteiger partial charge in [-0.2, -0.15) is 0 Å². The molecule has 0 saturated carbocycles. The van der Waals surface area contributed by atoms with E-state index < -0.39 is 70.4 Å². The van der Waals surface area contributed by atoms with E-state index in [-0.39, 0.29) is 0 Å². The fourth-order valence-corrected chi connectivity index (χ4v) is 52.7. The highest BCUT2D eigenvalue weighted by molar-refractivity contribution is 7.02. The lowest BCUT2D eigenvalue weighted by Gasteiger charge is -2.62. The van der Waals surface area contributed by atoms with Crippen LogP contribution in [0.3, 0.4) is 0 Å². The lowest BCUT2D eigenvalue weighted by Crippen LogP contribution is -2.87. The van der Waals surface area contributed by atoms with Crippen molar-refractivity contribution in [3.63, 3.8) is 0 Å². The summed E-state index contributed by atoms with van der Waals surface area (Å²) in [4.78, 5) is 0. The second kappa shape index (κ2) is 7.88. The minimum atomic E-state index is -3.49. The van der Waals surface area contributed by atoms with Gasteiger partial charge in [-0.1, -0.05) is 34.6 Å². The number of hydrogen-bond acceptors (Lipinski definition) is 12. The summed E-state index contributed by atoms with van der Waals surface area (Å²) in [6.07, 6.45) is 0. The largest absolute Gasteiger partial charge is 0.478 e. The summed E-state index contributed by atoms with van der Waals surface area (Å²) in [5, 5.41) is 0. The molecular weight excluding hydrogens is 573 g/mol. The van der Waals surface area contributed by atoms with Crippen molar-refractivity contribution >= 4 is 70.4 Å². The fraction of sp³-hybridized carbons (Fsp3) is 1.00. The Hall–Kier alpha value is 1.26. The Morgan fingerprint density at radius 3 is 0.727 bits per heavy atom. The molecule has 6 heterocycles. The quantitative estimate of drug-likeness (QED) is 0.429. The molecule has 6 aliphatic heterocycles. The first kappa shape index (κ1) is 25.9. The van der Waals surface area contributed by atoms with Crippen LogP contribution in [0.2, 0.25) is 49.9 Å². The van der Waals surface area contributed by atoms with Gasteiger partial charge >= 0.3 is 70.4 Å². The van der Waals surface area contributed by atoms with Gasteiger partial charge in [-0.05, 0) is 0 Å². The summed E-state index contributed by atoms with van der Waals surface area (Å²) in [5.41, 5.74) is 0. The predicted molar refractivity (Wildman–Crippen MR) is 129 cm³/mol. The molecule has 8 bridgehead atoms. The Labute approximate surface area is 203 Å². The van der Waals surface area contributed by atoms with Crippen molar-refractivity contribution in [2.75, 3.05) is 0 Å². The third-order valence-electron chi connectivity index (χ3n) is 6.17. The van der Waals surface area contributed by atoms with E-state index in [4.69, 9.17) is 49.4 Å². The van der Waals surface area contributed by atoms with E-state index in [9.17, 15) is 0 Å². The lowest BCUT2D eigenvalue weighted by atomic mass is 11.0. The number of rotatable bonds is 5. The summed E-state index contributed by atoms with van der Waals surface area (Å²) >= 11 is 0. The highest BCUT2D eigenvalue weighted by Crippen LogP contribution is 2.51. The van der Waals surface area contributed by atoms with Gasteiger partial charge in [0.05, 0.1) is 0 Å². The minimum Gasteiger partial charge on any atom is -0.374 e. The topological polar surface area (TPSA) is 111 Å². The van der Waals surface area contributed by atoms with Crippen LogP contribution in [0.1, 0.15) is 34.6 Å². The fourth-order valence-electron chi connectivity index (χ4n) is 4.85. The Balaban J connectivity index is 1.83. The standard InChI is InChI=1S/C13H34O12Si8/c1-9-29-17-27(7)14-26(6)15-28(8,18-29)20-32(12-4)23-30(10-2,16-26)22-31(11-3,19-27)24-33(13-5,21-29)25-32/h9-13H2,1-8H3. The highest BCUT2D eigenvalue weighted by atomic mass is 28.6. The maximum absolute atomic E-state index is 6.88. The molecule has 0 aromatic carbocycles. The van der Waals surface area contributed by atoms with E-state index in [0.29, 0.717) is 30.2 Å². The lowest BCUT2D eigenvalue weighted by molar-refractivity contribution is -0.0244. The van der Waals surface area contributed by atoms with Gasteiger partial charge in [0, 0.05) is 49.9 Å². The van der Waals surface area contributed by atoms with Gasteiger partial charge in [0.25, 0.3) is 0 Å². The van der Waals surface area contributed by atoms with Crippen molar-refractivity contribution in [1.82, 2.24) is 0 Å². The van der Waals surface area contributed by atoms with Crippen molar-refractivity contribution in [2.24, 2.45) is 0 Å². The summed E-state index contributed by atoms with van der Waals surface area (Å²) in [7, 11) is -27.8. The molecule has 6 saturated heterocycles. The van der Waals surface area contributed by atoms with Crippen molar-refractivity contribution in [3.8, 4) is 0 Å². The molecule has 0 spiro atoms. The van der Waals surface area contributed by atoms with Gasteiger partial charge in [0.2, 0.25) is 0 Å². The zero-order chi connectivity index (χ0) is 24.0. The van der Waals surface area contributed by atoms with E-state index in [2.05, 4.69) is 0 Å². The third kappa shape index (κ3) is 4.17. The average Bonchev–Trinajstić information content (AvgIpc) is 2.67. The molecule has 33 heavy (non-hydrogen) atoms. The molecule has 0 aromatic heterocycles. The maximum atomic E-state index is 6.88. The maximum Gasteiger partial charge on any atom is 0.478 e. The average molecular weight is 607 g/mol. The van der Waals surface area contributed by atoms with Crippen LogP contribution in [0.5, 0.6) is 0 Å². The molecule has 4 atom stereocenters. The first-order valence-corrected chi connectivity index (χ1v) is 28.0. The normalized spacial score (nSPS) is 57.8. The van der Waals surface area contributed by atoms with Crippen molar-refractivity contribution in [1.29, 1.82) is 0 Å². The molecule has 190 valence electrons. The molecule has 0 N–H and O–H groups in total. The molecule has 0 aromatic rings. The van der Waals surface area contributed by atoms with Gasteiger partial charge in [-0.25, -0.2) is 0 Å². The highest BCUT2D eigenvalue weighted by Gasteiger charge is 2.80.